The van der Waals surface area contributed by atoms with Crippen molar-refractivity contribution in [1.29, 1.82) is 0 Å². The molecule has 1 N–H and O–H groups in total. The Kier molecular flexibility index (Phi) is 4.44. The number of aryl methyl sites for hydroxylation is 1. The van der Waals surface area contributed by atoms with Gasteiger partial charge < -0.3 is 5.32 Å². The normalized spacial score (nSPS) is 15.5. The standard InChI is InChI=1S/C20H15N3OS2/c1-13-7-9-14(10-8-13)18-15(11-17-19(24)21-20(25)26-17)12-23(22-18)16-5-3-2-4-6-16/h2-12H,1H3,(H,21,24,25). The number of hydrogen-bond donors (Lipinski definition) is 1. The molecule has 1 saturated heterocycles. The van der Waals surface area contributed by atoms with Gasteiger partial charge in [0.2, 0.25) is 0 Å². The van der Waals surface area contributed by atoms with Crippen LogP contribution in [0.5, 0.6) is 0 Å². The maximum absolute atomic E-state index is 12.0. The van der Waals surface area contributed by atoms with E-state index in [0.717, 1.165) is 22.5 Å². The second kappa shape index (κ2) is 6.90. The van der Waals surface area contributed by atoms with Crippen molar-refractivity contribution in [3.05, 3.63) is 76.8 Å². The van der Waals surface area contributed by atoms with Crippen LogP contribution in [0.4, 0.5) is 0 Å². The van der Waals surface area contributed by atoms with Crippen LogP contribution in [0.3, 0.4) is 0 Å². The van der Waals surface area contributed by atoms with Gasteiger partial charge in [-0.05, 0) is 25.1 Å². The number of hydrogen-bond acceptors (Lipinski definition) is 4. The van der Waals surface area contributed by atoms with Gasteiger partial charge in [-0.1, -0.05) is 72.0 Å². The van der Waals surface area contributed by atoms with Gasteiger partial charge in [0.15, 0.2) is 0 Å². The van der Waals surface area contributed by atoms with Crippen LogP contribution >= 0.6 is 24.0 Å². The summed E-state index contributed by atoms with van der Waals surface area (Å²) in [4.78, 5) is 12.6. The Morgan fingerprint density at radius 3 is 2.50 bits per heavy atom. The molecule has 2 aromatic carbocycles. The highest BCUT2D eigenvalue weighted by molar-refractivity contribution is 8.26. The smallest absolute Gasteiger partial charge is 0.263 e. The number of nitrogens with one attached hydrogen (secondary N) is 1. The van der Waals surface area contributed by atoms with Gasteiger partial charge in [-0.2, -0.15) is 5.10 Å². The van der Waals surface area contributed by atoms with E-state index in [0.29, 0.717) is 9.23 Å². The van der Waals surface area contributed by atoms with Crippen LogP contribution in [0.1, 0.15) is 11.1 Å². The van der Waals surface area contributed by atoms with Crippen LogP contribution in [0.25, 0.3) is 23.0 Å². The minimum Gasteiger partial charge on any atom is -0.307 e. The molecule has 0 radical (unpaired) electrons. The fourth-order valence-corrected chi connectivity index (χ4v) is 3.74. The highest BCUT2D eigenvalue weighted by Gasteiger charge is 2.23. The van der Waals surface area contributed by atoms with Gasteiger partial charge >= 0.3 is 0 Å². The van der Waals surface area contributed by atoms with E-state index >= 15 is 0 Å². The highest BCUT2D eigenvalue weighted by atomic mass is 32.2. The molecule has 0 atom stereocenters. The van der Waals surface area contributed by atoms with Gasteiger partial charge in [0, 0.05) is 17.3 Å². The summed E-state index contributed by atoms with van der Waals surface area (Å²) in [6, 6.07) is 18.1. The quantitative estimate of drug-likeness (QED) is 0.545. The molecule has 0 aliphatic carbocycles. The zero-order valence-corrected chi connectivity index (χ0v) is 15.6. The van der Waals surface area contributed by atoms with Crippen LogP contribution in [-0.2, 0) is 4.79 Å². The van der Waals surface area contributed by atoms with Crippen LogP contribution in [0.15, 0.2) is 65.7 Å². The fourth-order valence-electron chi connectivity index (χ4n) is 2.70. The average molecular weight is 377 g/mol. The number of nitrogens with zero attached hydrogens (tertiary/aromatic N) is 2. The summed E-state index contributed by atoms with van der Waals surface area (Å²) in [5.74, 6) is -0.165. The number of thioether (sulfide) groups is 1. The lowest BCUT2D eigenvalue weighted by atomic mass is 10.1. The molecule has 0 spiro atoms. The Morgan fingerprint density at radius 1 is 1.12 bits per heavy atom. The molecule has 0 unspecified atom stereocenters. The third-order valence-corrected chi connectivity index (χ3v) is 5.18. The van der Waals surface area contributed by atoms with Crippen molar-refractivity contribution >= 4 is 40.3 Å². The predicted octanol–water partition coefficient (Wildman–Crippen LogP) is 4.34. The fraction of sp³-hybridized carbons (Fsp3) is 0.0500. The van der Waals surface area contributed by atoms with E-state index in [9.17, 15) is 4.79 Å². The topological polar surface area (TPSA) is 46.9 Å². The molecule has 26 heavy (non-hydrogen) atoms. The van der Waals surface area contributed by atoms with E-state index in [2.05, 4.69) is 24.4 Å². The van der Waals surface area contributed by atoms with Gasteiger partial charge in [0.05, 0.1) is 16.3 Å². The summed E-state index contributed by atoms with van der Waals surface area (Å²) in [6.07, 6.45) is 3.79. The van der Waals surface area contributed by atoms with E-state index in [1.165, 1.54) is 17.3 Å². The lowest BCUT2D eigenvalue weighted by molar-refractivity contribution is -0.115. The molecule has 1 amide bonds. The van der Waals surface area contributed by atoms with Crippen molar-refractivity contribution in [2.45, 2.75) is 6.92 Å². The Bertz CT molecular complexity index is 1020. The largest absolute Gasteiger partial charge is 0.307 e. The van der Waals surface area contributed by atoms with E-state index in [1.807, 2.05) is 59.4 Å². The summed E-state index contributed by atoms with van der Waals surface area (Å²) in [6.45, 7) is 2.05. The minimum absolute atomic E-state index is 0.165. The summed E-state index contributed by atoms with van der Waals surface area (Å²) < 4.78 is 2.31. The molecule has 3 aromatic rings. The number of rotatable bonds is 3. The number of benzene rings is 2. The van der Waals surface area contributed by atoms with E-state index in [1.54, 1.807) is 0 Å². The number of carbonyl (C=O) groups excluding carboxylic acids is 1. The Hall–Kier alpha value is -2.70. The van der Waals surface area contributed by atoms with Crippen molar-refractivity contribution in [2.24, 2.45) is 0 Å². The lowest BCUT2D eigenvalue weighted by Gasteiger charge is -2.01. The number of aromatic nitrogens is 2. The van der Waals surface area contributed by atoms with Crippen molar-refractivity contribution in [1.82, 2.24) is 15.1 Å². The van der Waals surface area contributed by atoms with E-state index < -0.39 is 0 Å². The van der Waals surface area contributed by atoms with Gasteiger partial charge in [-0.15, -0.1) is 0 Å². The van der Waals surface area contributed by atoms with Gasteiger partial charge in [-0.3, -0.25) is 4.79 Å². The van der Waals surface area contributed by atoms with Crippen molar-refractivity contribution in [3.8, 4) is 16.9 Å². The second-order valence-electron chi connectivity index (χ2n) is 5.93. The molecule has 0 bridgehead atoms. The monoisotopic (exact) mass is 377 g/mol. The Morgan fingerprint density at radius 2 is 1.85 bits per heavy atom. The molecule has 4 nitrogen and oxygen atoms in total. The van der Waals surface area contributed by atoms with Crippen molar-refractivity contribution in [3.63, 3.8) is 0 Å². The maximum Gasteiger partial charge on any atom is 0.263 e. The SMILES string of the molecule is Cc1ccc(-c2nn(-c3ccccc3)cc2C=C2SC(=S)NC2=O)cc1. The second-order valence-corrected chi connectivity index (χ2v) is 7.65. The molecule has 2 heterocycles. The van der Waals surface area contributed by atoms with Crippen molar-refractivity contribution in [2.75, 3.05) is 0 Å². The molecule has 0 saturated carbocycles. The minimum atomic E-state index is -0.165. The molecular weight excluding hydrogens is 362 g/mol. The summed E-state index contributed by atoms with van der Waals surface area (Å²) in [7, 11) is 0. The summed E-state index contributed by atoms with van der Waals surface area (Å²) in [5.41, 5.74) is 4.85. The first kappa shape index (κ1) is 16.8. The van der Waals surface area contributed by atoms with Gasteiger partial charge in [-0.25, -0.2) is 4.68 Å². The number of carbonyl (C=O) groups is 1. The van der Waals surface area contributed by atoms with Crippen LogP contribution in [0.2, 0.25) is 0 Å². The molecule has 6 heteroatoms. The molecule has 128 valence electrons. The molecule has 1 fully saturated rings. The number of para-hydroxylation sites is 1. The van der Waals surface area contributed by atoms with Crippen LogP contribution in [0, 0.1) is 6.92 Å². The first-order chi connectivity index (χ1) is 12.6. The average Bonchev–Trinajstić information content (AvgIpc) is 3.20. The molecule has 1 aliphatic heterocycles. The Labute approximate surface area is 160 Å². The highest BCUT2D eigenvalue weighted by Crippen LogP contribution is 2.30. The molecular formula is C20H15N3OS2. The molecule has 1 aliphatic rings. The zero-order valence-electron chi connectivity index (χ0n) is 14.0. The van der Waals surface area contributed by atoms with Crippen LogP contribution < -0.4 is 5.32 Å². The lowest BCUT2D eigenvalue weighted by Crippen LogP contribution is -2.17. The van der Waals surface area contributed by atoms with Crippen molar-refractivity contribution < 1.29 is 4.79 Å². The number of thiocarbonyl (C=S) groups is 1. The zero-order chi connectivity index (χ0) is 18.1. The third kappa shape index (κ3) is 3.34. The van der Waals surface area contributed by atoms with Gasteiger partial charge in [0.1, 0.15) is 4.32 Å². The first-order valence-electron chi connectivity index (χ1n) is 8.07. The summed E-state index contributed by atoms with van der Waals surface area (Å²) >= 11 is 6.36. The maximum atomic E-state index is 12.0. The molecule has 1 aromatic heterocycles. The molecule has 4 rings (SSSR count). The first-order valence-corrected chi connectivity index (χ1v) is 9.29. The van der Waals surface area contributed by atoms with E-state index in [-0.39, 0.29) is 5.91 Å². The predicted molar refractivity (Wildman–Crippen MR) is 110 cm³/mol. The Balaban J connectivity index is 1.84. The summed E-state index contributed by atoms with van der Waals surface area (Å²) in [5, 5.41) is 7.42. The van der Waals surface area contributed by atoms with Gasteiger partial charge in [0.25, 0.3) is 5.91 Å². The number of amides is 1. The van der Waals surface area contributed by atoms with Crippen LogP contribution in [-0.4, -0.2) is 20.0 Å². The third-order valence-electron chi connectivity index (χ3n) is 4.02. The van der Waals surface area contributed by atoms with E-state index in [4.69, 9.17) is 17.3 Å².